The summed E-state index contributed by atoms with van der Waals surface area (Å²) in [4.78, 5) is 11.7. The zero-order chi connectivity index (χ0) is 14.5. The van der Waals surface area contributed by atoms with Gasteiger partial charge in [-0.15, -0.1) is 0 Å². The Hall–Kier alpha value is -0.600. The highest BCUT2D eigenvalue weighted by Gasteiger charge is 2.08. The normalized spacial score (nSPS) is 10.2. The fourth-order valence-corrected chi connectivity index (χ4v) is 2.91. The molecule has 6 heteroatoms. The first kappa shape index (κ1) is 15.8. The van der Waals surface area contributed by atoms with Gasteiger partial charge in [-0.05, 0) is 81.0 Å². The van der Waals surface area contributed by atoms with Gasteiger partial charge in [0.2, 0.25) is 0 Å². The molecule has 0 spiro atoms. The van der Waals surface area contributed by atoms with Crippen molar-refractivity contribution in [1.82, 2.24) is 0 Å². The Labute approximate surface area is 147 Å². The molecule has 104 valence electrons. The molecule has 20 heavy (non-hydrogen) atoms. The lowest BCUT2D eigenvalue weighted by Crippen LogP contribution is -2.17. The smallest absolute Gasteiger partial charge is 0.349 e. The van der Waals surface area contributed by atoms with Crippen LogP contribution in [0.3, 0.4) is 0 Å². The predicted octanol–water partition coefficient (Wildman–Crippen LogP) is 4.80. The molecule has 0 N–H and O–H groups in total. The molecule has 0 heterocycles. The van der Waals surface area contributed by atoms with Crippen LogP contribution in [-0.4, -0.2) is 12.6 Å². The number of benzene rings is 2. The number of carbonyl (C=O) groups excluding carboxylic acids is 1. The average molecular weight is 512 g/mol. The van der Waals surface area contributed by atoms with Crippen LogP contribution in [0.1, 0.15) is 0 Å². The molecular weight excluding hydrogens is 503 g/mol. The molecule has 0 aliphatic heterocycles. The maximum Gasteiger partial charge on any atom is 0.349 e. The molecule has 0 radical (unpaired) electrons. The summed E-state index contributed by atoms with van der Waals surface area (Å²) in [5.74, 6) is 0.655. The highest BCUT2D eigenvalue weighted by Crippen LogP contribution is 2.28. The van der Waals surface area contributed by atoms with Crippen LogP contribution in [0.25, 0.3) is 0 Å². The minimum atomic E-state index is -0.443. The average Bonchev–Trinajstić information content (AvgIpc) is 2.40. The highest BCUT2D eigenvalue weighted by atomic mass is 127. The van der Waals surface area contributed by atoms with Crippen LogP contribution in [-0.2, 0) is 4.79 Å². The molecule has 2 aromatic rings. The first-order valence-electron chi connectivity index (χ1n) is 5.59. The Balaban J connectivity index is 1.90. The van der Waals surface area contributed by atoms with Crippen molar-refractivity contribution >= 4 is 60.4 Å². The Bertz CT molecular complexity index is 614. The molecule has 0 atom stereocenters. The van der Waals surface area contributed by atoms with Crippen molar-refractivity contribution in [2.45, 2.75) is 0 Å². The quantitative estimate of drug-likeness (QED) is 0.336. The second-order valence-corrected chi connectivity index (χ2v) is 6.81. The van der Waals surface area contributed by atoms with Gasteiger partial charge in [0.05, 0.1) is 4.47 Å². The van der Waals surface area contributed by atoms with Crippen LogP contribution in [0, 0.1) is 3.57 Å². The second kappa shape index (κ2) is 7.42. The third-order valence-electron chi connectivity index (χ3n) is 2.28. The molecule has 2 rings (SSSR count). The third-order valence-corrected chi connectivity index (χ3v) is 4.12. The fourth-order valence-electron chi connectivity index (χ4n) is 1.39. The Morgan fingerprint density at radius 2 is 1.80 bits per heavy atom. The van der Waals surface area contributed by atoms with Gasteiger partial charge in [0.25, 0.3) is 0 Å². The van der Waals surface area contributed by atoms with Gasteiger partial charge < -0.3 is 9.47 Å². The number of carbonyl (C=O) groups is 1. The molecule has 3 nitrogen and oxygen atoms in total. The molecule has 0 amide bonds. The summed E-state index contributed by atoms with van der Waals surface area (Å²) in [6, 6.07) is 12.7. The van der Waals surface area contributed by atoms with Crippen molar-refractivity contribution in [2.75, 3.05) is 6.61 Å². The number of hydrogen-bond acceptors (Lipinski definition) is 3. The minimum Gasteiger partial charge on any atom is -0.481 e. The van der Waals surface area contributed by atoms with Crippen molar-refractivity contribution in [3.8, 4) is 11.5 Å². The number of halogens is 3. The largest absolute Gasteiger partial charge is 0.481 e. The summed E-state index contributed by atoms with van der Waals surface area (Å²) in [6.45, 7) is -0.147. The molecule has 0 unspecified atom stereocenters. The summed E-state index contributed by atoms with van der Waals surface area (Å²) in [6.07, 6.45) is 0. The number of hydrogen-bond donors (Lipinski definition) is 0. The first-order chi connectivity index (χ1) is 9.54. The number of rotatable bonds is 4. The number of ether oxygens (including phenoxy) is 2. The van der Waals surface area contributed by atoms with Gasteiger partial charge in [0.15, 0.2) is 6.61 Å². The molecule has 2 aromatic carbocycles. The van der Waals surface area contributed by atoms with Crippen molar-refractivity contribution in [3.63, 3.8) is 0 Å². The van der Waals surface area contributed by atoms with Crippen LogP contribution in [0.4, 0.5) is 0 Å². The summed E-state index contributed by atoms with van der Waals surface area (Å²) < 4.78 is 13.4. The van der Waals surface area contributed by atoms with Gasteiger partial charge in [-0.2, -0.15) is 0 Å². The van der Waals surface area contributed by atoms with E-state index in [-0.39, 0.29) is 6.61 Å². The zero-order valence-electron chi connectivity index (χ0n) is 10.1. The molecule has 0 saturated carbocycles. The van der Waals surface area contributed by atoms with Crippen LogP contribution in [0.2, 0.25) is 0 Å². The van der Waals surface area contributed by atoms with Gasteiger partial charge in [-0.25, -0.2) is 4.79 Å². The third kappa shape index (κ3) is 4.75. The number of esters is 1. The van der Waals surface area contributed by atoms with Crippen LogP contribution >= 0.6 is 54.5 Å². The van der Waals surface area contributed by atoms with Crippen molar-refractivity contribution in [1.29, 1.82) is 0 Å². The van der Waals surface area contributed by atoms with Crippen LogP contribution < -0.4 is 9.47 Å². The molecule has 0 bridgehead atoms. The monoisotopic (exact) mass is 510 g/mol. The van der Waals surface area contributed by atoms with E-state index < -0.39 is 5.97 Å². The topological polar surface area (TPSA) is 35.5 Å². The zero-order valence-corrected chi connectivity index (χ0v) is 15.4. The minimum absolute atomic E-state index is 0.147. The predicted molar refractivity (Wildman–Crippen MR) is 92.1 cm³/mol. The van der Waals surface area contributed by atoms with E-state index in [2.05, 4.69) is 54.5 Å². The van der Waals surface area contributed by atoms with Crippen LogP contribution in [0.5, 0.6) is 11.5 Å². The van der Waals surface area contributed by atoms with E-state index in [0.717, 1.165) is 12.5 Å². The van der Waals surface area contributed by atoms with E-state index >= 15 is 0 Å². The van der Waals surface area contributed by atoms with E-state index in [0.29, 0.717) is 11.5 Å². The van der Waals surface area contributed by atoms with Crippen molar-refractivity contribution in [2.24, 2.45) is 0 Å². The molecule has 0 aromatic heterocycles. The summed E-state index contributed by atoms with van der Waals surface area (Å²) in [5.41, 5.74) is 0. The van der Waals surface area contributed by atoms with Crippen molar-refractivity contribution < 1.29 is 14.3 Å². The molecular formula is C14H9Br2IO3. The van der Waals surface area contributed by atoms with Gasteiger partial charge in [0, 0.05) is 8.04 Å². The summed E-state index contributed by atoms with van der Waals surface area (Å²) in [7, 11) is 0. The summed E-state index contributed by atoms with van der Waals surface area (Å²) >= 11 is 8.90. The lowest BCUT2D eigenvalue weighted by molar-refractivity contribution is -0.136. The standard InChI is InChI=1S/C14H9Br2IO3/c15-9-1-6-13(12(16)7-9)19-8-14(18)20-11-4-2-10(17)3-5-11/h1-7H,8H2. The first-order valence-corrected chi connectivity index (χ1v) is 8.25. The van der Waals surface area contributed by atoms with Crippen LogP contribution in [0.15, 0.2) is 51.4 Å². The maximum atomic E-state index is 11.7. The van der Waals surface area contributed by atoms with Crippen molar-refractivity contribution in [3.05, 3.63) is 55.0 Å². The Kier molecular flexibility index (Phi) is 5.86. The lowest BCUT2D eigenvalue weighted by Gasteiger charge is -2.08. The summed E-state index contributed by atoms with van der Waals surface area (Å²) in [5, 5.41) is 0. The van der Waals surface area contributed by atoms with E-state index in [1.54, 1.807) is 18.2 Å². The van der Waals surface area contributed by atoms with Gasteiger partial charge in [0.1, 0.15) is 11.5 Å². The Morgan fingerprint density at radius 1 is 1.10 bits per heavy atom. The molecule has 0 fully saturated rings. The van der Waals surface area contributed by atoms with Gasteiger partial charge in [-0.3, -0.25) is 0 Å². The van der Waals surface area contributed by atoms with E-state index in [1.165, 1.54) is 0 Å². The maximum absolute atomic E-state index is 11.7. The second-order valence-electron chi connectivity index (χ2n) is 3.79. The molecule has 0 saturated heterocycles. The molecule has 0 aliphatic rings. The lowest BCUT2D eigenvalue weighted by atomic mass is 10.3. The van der Waals surface area contributed by atoms with E-state index in [4.69, 9.17) is 9.47 Å². The highest BCUT2D eigenvalue weighted by molar-refractivity contribution is 14.1. The fraction of sp³-hybridized carbons (Fsp3) is 0.0714. The Morgan fingerprint density at radius 3 is 2.45 bits per heavy atom. The SMILES string of the molecule is O=C(COc1ccc(Br)cc1Br)Oc1ccc(I)cc1. The van der Waals surface area contributed by atoms with Gasteiger partial charge in [-0.1, -0.05) is 15.9 Å². The van der Waals surface area contributed by atoms with E-state index in [9.17, 15) is 4.79 Å². The van der Waals surface area contributed by atoms with E-state index in [1.807, 2.05) is 24.3 Å². The molecule has 0 aliphatic carbocycles. The van der Waals surface area contributed by atoms with Gasteiger partial charge >= 0.3 is 5.97 Å².